The minimum atomic E-state index is -0.338. The number of anilines is 1. The molecule has 7 heteroatoms. The van der Waals surface area contributed by atoms with Crippen LogP contribution in [-0.2, 0) is 22.6 Å². The molecule has 0 radical (unpaired) electrons. The quantitative estimate of drug-likeness (QED) is 0.729. The first-order valence-electron chi connectivity index (χ1n) is 10.5. The van der Waals surface area contributed by atoms with Crippen LogP contribution < -0.4 is 20.1 Å². The topological polar surface area (TPSA) is 72.1 Å². The largest absolute Gasteiger partial charge is 0.486 e. The monoisotopic (exact) mass is 411 g/mol. The zero-order chi connectivity index (χ0) is 20.8. The van der Waals surface area contributed by atoms with E-state index in [1.54, 1.807) is 6.07 Å². The smallest absolute Gasteiger partial charge is 0.241 e. The zero-order valence-electron chi connectivity index (χ0n) is 17.4. The van der Waals surface area contributed by atoms with Crippen LogP contribution >= 0.6 is 0 Å². The summed E-state index contributed by atoms with van der Waals surface area (Å²) < 4.78 is 16.5. The van der Waals surface area contributed by atoms with Crippen LogP contribution in [-0.4, -0.2) is 56.4 Å². The summed E-state index contributed by atoms with van der Waals surface area (Å²) in [5, 5.41) is 6.30. The lowest BCUT2D eigenvalue weighted by atomic mass is 10.1. The number of benzene rings is 2. The van der Waals surface area contributed by atoms with E-state index >= 15 is 0 Å². The Balaban J connectivity index is 1.32. The molecule has 2 aliphatic heterocycles. The highest BCUT2D eigenvalue weighted by Gasteiger charge is 2.17. The average molecular weight is 412 g/mol. The van der Waals surface area contributed by atoms with Crippen LogP contribution in [0.5, 0.6) is 11.5 Å². The number of ether oxygens (including phenoxy) is 3. The van der Waals surface area contributed by atoms with Crippen LogP contribution in [0.25, 0.3) is 0 Å². The summed E-state index contributed by atoms with van der Waals surface area (Å²) in [4.78, 5) is 15.0. The molecule has 0 saturated carbocycles. The molecule has 0 spiro atoms. The SMILES string of the molecule is C[C@H](NCc1ccccc1CN1CCOCC1)C(=O)Nc1ccc2c(c1)OCCO2. The molecule has 1 saturated heterocycles. The number of fused-ring (bicyclic) bond motifs is 1. The van der Waals surface area contributed by atoms with Crippen LogP contribution in [0.4, 0.5) is 5.69 Å². The van der Waals surface area contributed by atoms with Crippen LogP contribution in [0.3, 0.4) is 0 Å². The van der Waals surface area contributed by atoms with E-state index in [4.69, 9.17) is 14.2 Å². The third-order valence-electron chi connectivity index (χ3n) is 5.42. The first-order valence-corrected chi connectivity index (χ1v) is 10.5. The number of hydrogen-bond donors (Lipinski definition) is 2. The number of hydrogen-bond acceptors (Lipinski definition) is 6. The van der Waals surface area contributed by atoms with Gasteiger partial charge in [-0.15, -0.1) is 0 Å². The van der Waals surface area contributed by atoms with Gasteiger partial charge < -0.3 is 24.8 Å². The zero-order valence-corrected chi connectivity index (χ0v) is 17.4. The summed E-state index contributed by atoms with van der Waals surface area (Å²) in [5.74, 6) is 1.29. The molecule has 1 fully saturated rings. The fourth-order valence-corrected chi connectivity index (χ4v) is 3.61. The van der Waals surface area contributed by atoms with Gasteiger partial charge in [-0.3, -0.25) is 9.69 Å². The Morgan fingerprint density at radius 3 is 2.53 bits per heavy atom. The molecule has 0 bridgehead atoms. The fourth-order valence-electron chi connectivity index (χ4n) is 3.61. The van der Waals surface area contributed by atoms with Gasteiger partial charge in [-0.05, 0) is 30.2 Å². The molecule has 160 valence electrons. The predicted molar refractivity (Wildman–Crippen MR) is 115 cm³/mol. The summed E-state index contributed by atoms with van der Waals surface area (Å²) in [6, 6.07) is 13.5. The molecule has 0 unspecified atom stereocenters. The molecule has 1 amide bonds. The second-order valence-electron chi connectivity index (χ2n) is 7.61. The van der Waals surface area contributed by atoms with Crippen molar-refractivity contribution in [3.63, 3.8) is 0 Å². The molecule has 0 aromatic heterocycles. The van der Waals surface area contributed by atoms with Gasteiger partial charge in [0.1, 0.15) is 13.2 Å². The Bertz CT molecular complexity index is 867. The van der Waals surface area contributed by atoms with Crippen molar-refractivity contribution in [2.45, 2.75) is 26.1 Å². The van der Waals surface area contributed by atoms with Crippen molar-refractivity contribution < 1.29 is 19.0 Å². The number of amides is 1. The van der Waals surface area contributed by atoms with Crippen molar-refractivity contribution >= 4 is 11.6 Å². The van der Waals surface area contributed by atoms with Gasteiger partial charge in [0.15, 0.2) is 11.5 Å². The summed E-state index contributed by atoms with van der Waals surface area (Å²) in [5.41, 5.74) is 3.19. The summed E-state index contributed by atoms with van der Waals surface area (Å²) in [7, 11) is 0. The summed E-state index contributed by atoms with van der Waals surface area (Å²) >= 11 is 0. The highest BCUT2D eigenvalue weighted by molar-refractivity contribution is 5.94. The fraction of sp³-hybridized carbons (Fsp3) is 0.435. The van der Waals surface area contributed by atoms with Crippen molar-refractivity contribution in [2.24, 2.45) is 0 Å². The normalized spacial score (nSPS) is 17.4. The van der Waals surface area contributed by atoms with E-state index < -0.39 is 0 Å². The first kappa shape index (κ1) is 20.7. The lowest BCUT2D eigenvalue weighted by Gasteiger charge is -2.27. The molecule has 2 aliphatic rings. The molecule has 2 N–H and O–H groups in total. The number of carbonyl (C=O) groups excluding carboxylic acids is 1. The van der Waals surface area contributed by atoms with Crippen LogP contribution in [0.15, 0.2) is 42.5 Å². The van der Waals surface area contributed by atoms with Crippen LogP contribution in [0.2, 0.25) is 0 Å². The van der Waals surface area contributed by atoms with Crippen molar-refractivity contribution in [1.29, 1.82) is 0 Å². The predicted octanol–water partition coefficient (Wildman–Crippen LogP) is 2.41. The molecular weight excluding hydrogens is 382 g/mol. The molecule has 0 aliphatic carbocycles. The van der Waals surface area contributed by atoms with Gasteiger partial charge in [-0.25, -0.2) is 0 Å². The second-order valence-corrected chi connectivity index (χ2v) is 7.61. The molecule has 30 heavy (non-hydrogen) atoms. The molecule has 4 rings (SSSR count). The van der Waals surface area contributed by atoms with Gasteiger partial charge >= 0.3 is 0 Å². The van der Waals surface area contributed by atoms with Crippen molar-refractivity contribution in [1.82, 2.24) is 10.2 Å². The maximum absolute atomic E-state index is 12.6. The van der Waals surface area contributed by atoms with E-state index in [0.29, 0.717) is 36.9 Å². The Hall–Kier alpha value is -2.61. The Kier molecular flexibility index (Phi) is 6.84. The van der Waals surface area contributed by atoms with Gasteiger partial charge in [-0.1, -0.05) is 24.3 Å². The highest BCUT2D eigenvalue weighted by atomic mass is 16.6. The van der Waals surface area contributed by atoms with Gasteiger partial charge in [0, 0.05) is 37.9 Å². The highest BCUT2D eigenvalue weighted by Crippen LogP contribution is 2.32. The Morgan fingerprint density at radius 1 is 1.00 bits per heavy atom. The van der Waals surface area contributed by atoms with E-state index in [1.807, 2.05) is 25.1 Å². The van der Waals surface area contributed by atoms with E-state index in [0.717, 1.165) is 32.8 Å². The van der Waals surface area contributed by atoms with Gasteiger partial charge in [0.2, 0.25) is 5.91 Å². The maximum Gasteiger partial charge on any atom is 0.241 e. The Morgan fingerprint density at radius 2 is 1.73 bits per heavy atom. The lowest BCUT2D eigenvalue weighted by Crippen LogP contribution is -2.38. The van der Waals surface area contributed by atoms with Crippen LogP contribution in [0.1, 0.15) is 18.1 Å². The standard InChI is InChI=1S/C23H29N3O4/c1-17(23(27)25-20-6-7-21-22(14-20)30-13-12-29-21)24-15-18-4-2-3-5-19(18)16-26-8-10-28-11-9-26/h2-7,14,17,24H,8-13,15-16H2,1H3,(H,25,27)/t17-/m0/s1. The van der Waals surface area contributed by atoms with Crippen molar-refractivity contribution in [3.8, 4) is 11.5 Å². The number of morpholine rings is 1. The molecule has 7 nitrogen and oxygen atoms in total. The minimum Gasteiger partial charge on any atom is -0.486 e. The molecule has 1 atom stereocenters. The third kappa shape index (κ3) is 5.30. The first-order chi connectivity index (χ1) is 14.7. The molecule has 2 heterocycles. The van der Waals surface area contributed by atoms with Crippen molar-refractivity contribution in [2.75, 3.05) is 44.8 Å². The second kappa shape index (κ2) is 9.93. The average Bonchev–Trinajstić information content (AvgIpc) is 2.79. The molecule has 2 aromatic carbocycles. The Labute approximate surface area is 177 Å². The lowest BCUT2D eigenvalue weighted by molar-refractivity contribution is -0.117. The van der Waals surface area contributed by atoms with Gasteiger partial charge in [-0.2, -0.15) is 0 Å². The van der Waals surface area contributed by atoms with E-state index in [2.05, 4.69) is 33.7 Å². The van der Waals surface area contributed by atoms with Gasteiger partial charge in [0.05, 0.1) is 19.3 Å². The summed E-state index contributed by atoms with van der Waals surface area (Å²) in [6.45, 7) is 7.97. The summed E-state index contributed by atoms with van der Waals surface area (Å²) in [6.07, 6.45) is 0. The van der Waals surface area contributed by atoms with Gasteiger partial charge in [0.25, 0.3) is 0 Å². The maximum atomic E-state index is 12.6. The number of nitrogens with zero attached hydrogens (tertiary/aromatic N) is 1. The third-order valence-corrected chi connectivity index (χ3v) is 5.42. The van der Waals surface area contributed by atoms with E-state index in [9.17, 15) is 4.79 Å². The molecule has 2 aromatic rings. The van der Waals surface area contributed by atoms with Crippen molar-refractivity contribution in [3.05, 3.63) is 53.6 Å². The van der Waals surface area contributed by atoms with E-state index in [1.165, 1.54) is 11.1 Å². The number of carbonyl (C=O) groups is 1. The van der Waals surface area contributed by atoms with Crippen LogP contribution in [0, 0.1) is 0 Å². The van der Waals surface area contributed by atoms with E-state index in [-0.39, 0.29) is 11.9 Å². The number of rotatable bonds is 7. The minimum absolute atomic E-state index is 0.0858. The number of nitrogens with one attached hydrogen (secondary N) is 2. The molecular formula is C23H29N3O4.